The Bertz CT molecular complexity index is 1240. The SMILES string of the molecule is CCOC(=O)C(F)(F)C1(c2ccc(Br)cc2)c2ccc(OC)cc2CCN1c1ccc(CC(C)C)cc1. The minimum atomic E-state index is -3.92. The summed E-state index contributed by atoms with van der Waals surface area (Å²) < 4.78 is 44.8. The van der Waals surface area contributed by atoms with E-state index in [1.54, 1.807) is 54.5 Å². The summed E-state index contributed by atoms with van der Waals surface area (Å²) >= 11 is 3.42. The van der Waals surface area contributed by atoms with Crippen LogP contribution in [-0.2, 0) is 27.9 Å². The summed E-state index contributed by atoms with van der Waals surface area (Å²) in [5.41, 5.74) is 0.962. The first-order chi connectivity index (χ1) is 17.6. The molecule has 1 atom stereocenters. The second-order valence-electron chi connectivity index (χ2n) is 9.70. The lowest BCUT2D eigenvalue weighted by Gasteiger charge is -2.52. The number of fused-ring (bicyclic) bond motifs is 1. The molecule has 0 radical (unpaired) electrons. The molecule has 1 aliphatic rings. The number of carbonyl (C=O) groups excluding carboxylic acids is 1. The van der Waals surface area contributed by atoms with E-state index in [-0.39, 0.29) is 13.2 Å². The molecule has 4 nitrogen and oxygen atoms in total. The van der Waals surface area contributed by atoms with Gasteiger partial charge in [0.15, 0.2) is 5.54 Å². The highest BCUT2D eigenvalue weighted by Gasteiger charge is 2.67. The number of anilines is 1. The van der Waals surface area contributed by atoms with Crippen molar-refractivity contribution in [2.75, 3.05) is 25.2 Å². The van der Waals surface area contributed by atoms with Gasteiger partial charge in [0.2, 0.25) is 0 Å². The van der Waals surface area contributed by atoms with Crippen molar-refractivity contribution in [3.63, 3.8) is 0 Å². The summed E-state index contributed by atoms with van der Waals surface area (Å²) in [5.74, 6) is -4.42. The number of carbonyl (C=O) groups is 1. The molecule has 3 aromatic rings. The van der Waals surface area contributed by atoms with E-state index in [9.17, 15) is 4.79 Å². The van der Waals surface area contributed by atoms with Crippen LogP contribution in [0.2, 0.25) is 0 Å². The van der Waals surface area contributed by atoms with Crippen molar-refractivity contribution in [2.45, 2.75) is 45.1 Å². The van der Waals surface area contributed by atoms with E-state index in [0.29, 0.717) is 40.5 Å². The Kier molecular flexibility index (Phi) is 7.93. The van der Waals surface area contributed by atoms with E-state index < -0.39 is 17.4 Å². The monoisotopic (exact) mass is 571 g/mol. The third-order valence-electron chi connectivity index (χ3n) is 6.85. The summed E-state index contributed by atoms with van der Waals surface area (Å²) in [6.45, 7) is 5.94. The Hall–Kier alpha value is -2.93. The lowest BCUT2D eigenvalue weighted by Crippen LogP contribution is -2.65. The third kappa shape index (κ3) is 4.86. The number of nitrogens with zero attached hydrogens (tertiary/aromatic N) is 1. The van der Waals surface area contributed by atoms with Crippen molar-refractivity contribution in [1.82, 2.24) is 0 Å². The van der Waals surface area contributed by atoms with Gasteiger partial charge in [-0.05, 0) is 84.3 Å². The average molecular weight is 572 g/mol. The van der Waals surface area contributed by atoms with Crippen molar-refractivity contribution in [3.05, 3.63) is 93.5 Å². The number of rotatable bonds is 8. The zero-order chi connectivity index (χ0) is 26.8. The molecular weight excluding hydrogens is 540 g/mol. The van der Waals surface area contributed by atoms with Gasteiger partial charge >= 0.3 is 11.9 Å². The van der Waals surface area contributed by atoms with E-state index in [1.165, 1.54) is 6.92 Å². The van der Waals surface area contributed by atoms with Gasteiger partial charge in [0.05, 0.1) is 13.7 Å². The zero-order valence-electron chi connectivity index (χ0n) is 21.6. The number of alkyl halides is 2. The van der Waals surface area contributed by atoms with Crippen molar-refractivity contribution in [3.8, 4) is 5.75 Å². The van der Waals surface area contributed by atoms with Crippen LogP contribution >= 0.6 is 15.9 Å². The number of methoxy groups -OCH3 is 1. The Morgan fingerprint density at radius 3 is 2.35 bits per heavy atom. The van der Waals surface area contributed by atoms with Crippen LogP contribution in [0.4, 0.5) is 14.5 Å². The number of esters is 1. The zero-order valence-corrected chi connectivity index (χ0v) is 23.1. The van der Waals surface area contributed by atoms with Gasteiger partial charge in [0, 0.05) is 16.7 Å². The summed E-state index contributed by atoms with van der Waals surface area (Å²) in [4.78, 5) is 14.7. The van der Waals surface area contributed by atoms with Crippen LogP contribution < -0.4 is 9.64 Å². The van der Waals surface area contributed by atoms with Crippen molar-refractivity contribution in [2.24, 2.45) is 5.92 Å². The van der Waals surface area contributed by atoms with Gasteiger partial charge in [-0.25, -0.2) is 4.79 Å². The smallest absolute Gasteiger partial charge is 0.380 e. The molecule has 1 unspecified atom stereocenters. The molecule has 0 aromatic heterocycles. The van der Waals surface area contributed by atoms with Crippen molar-refractivity contribution < 1.29 is 23.0 Å². The van der Waals surface area contributed by atoms with Gasteiger partial charge in [-0.2, -0.15) is 8.78 Å². The fraction of sp³-hybridized carbons (Fsp3) is 0.367. The Morgan fingerprint density at radius 1 is 1.08 bits per heavy atom. The molecule has 0 bridgehead atoms. The van der Waals surface area contributed by atoms with Crippen LogP contribution in [0, 0.1) is 5.92 Å². The molecule has 1 heterocycles. The summed E-state index contributed by atoms with van der Waals surface area (Å²) in [7, 11) is 1.55. The molecule has 0 amide bonds. The highest BCUT2D eigenvalue weighted by atomic mass is 79.9. The molecule has 0 saturated carbocycles. The van der Waals surface area contributed by atoms with E-state index in [2.05, 4.69) is 29.8 Å². The predicted octanol–water partition coefficient (Wildman–Crippen LogP) is 7.16. The van der Waals surface area contributed by atoms with Gasteiger partial charge in [-0.1, -0.05) is 60.1 Å². The Balaban J connectivity index is 2.03. The summed E-state index contributed by atoms with van der Waals surface area (Å²) in [5, 5.41) is 0. The first-order valence-corrected chi connectivity index (χ1v) is 13.3. The van der Waals surface area contributed by atoms with Crippen LogP contribution in [-0.4, -0.2) is 32.2 Å². The highest BCUT2D eigenvalue weighted by molar-refractivity contribution is 9.10. The van der Waals surface area contributed by atoms with Crippen molar-refractivity contribution >= 4 is 27.6 Å². The van der Waals surface area contributed by atoms with E-state index >= 15 is 8.78 Å². The lowest BCUT2D eigenvalue weighted by atomic mass is 9.71. The fourth-order valence-electron chi connectivity index (χ4n) is 5.30. The molecule has 196 valence electrons. The van der Waals surface area contributed by atoms with Crippen LogP contribution in [0.3, 0.4) is 0 Å². The maximum absolute atomic E-state index is 16.8. The largest absolute Gasteiger partial charge is 0.497 e. The molecule has 0 spiro atoms. The molecule has 4 rings (SSSR count). The van der Waals surface area contributed by atoms with Gasteiger partial charge < -0.3 is 14.4 Å². The van der Waals surface area contributed by atoms with Gasteiger partial charge in [0.1, 0.15) is 5.75 Å². The van der Waals surface area contributed by atoms with Gasteiger partial charge in [-0.15, -0.1) is 0 Å². The molecule has 0 aliphatic carbocycles. The number of halogens is 3. The Morgan fingerprint density at radius 2 is 1.76 bits per heavy atom. The fourth-order valence-corrected chi connectivity index (χ4v) is 5.56. The van der Waals surface area contributed by atoms with Gasteiger partial charge in [0.25, 0.3) is 0 Å². The molecule has 0 fully saturated rings. The number of ether oxygens (including phenoxy) is 2. The molecule has 7 heteroatoms. The highest BCUT2D eigenvalue weighted by Crippen LogP contribution is 2.53. The predicted molar refractivity (Wildman–Crippen MR) is 146 cm³/mol. The molecule has 0 saturated heterocycles. The van der Waals surface area contributed by atoms with E-state index in [4.69, 9.17) is 9.47 Å². The summed E-state index contributed by atoms with van der Waals surface area (Å²) in [6.07, 6.45) is 1.40. The molecule has 1 aliphatic heterocycles. The number of hydrogen-bond acceptors (Lipinski definition) is 4. The average Bonchev–Trinajstić information content (AvgIpc) is 2.88. The lowest BCUT2D eigenvalue weighted by molar-refractivity contribution is -0.181. The van der Waals surface area contributed by atoms with Crippen LogP contribution in [0.15, 0.2) is 71.2 Å². The standard InChI is InChI=1S/C30H32BrF2NO3/c1-5-37-28(35)30(32,33)29(23-8-10-24(31)11-9-23)27-15-14-26(36-4)19-22(27)16-17-34(29)25-12-6-21(7-13-25)18-20(2)3/h6-15,19-20H,5,16-18H2,1-4H3. The second-order valence-corrected chi connectivity index (χ2v) is 10.6. The minimum Gasteiger partial charge on any atom is -0.497 e. The van der Waals surface area contributed by atoms with E-state index in [0.717, 1.165) is 16.5 Å². The Labute approximate surface area is 225 Å². The molecule has 37 heavy (non-hydrogen) atoms. The second kappa shape index (κ2) is 10.8. The number of benzene rings is 3. The quantitative estimate of drug-likeness (QED) is 0.269. The van der Waals surface area contributed by atoms with Gasteiger partial charge in [-0.3, -0.25) is 0 Å². The maximum atomic E-state index is 16.8. The van der Waals surface area contributed by atoms with Crippen LogP contribution in [0.25, 0.3) is 0 Å². The normalized spacial score (nSPS) is 17.5. The first kappa shape index (κ1) is 27.1. The summed E-state index contributed by atoms with van der Waals surface area (Å²) in [6, 6.07) is 19.6. The first-order valence-electron chi connectivity index (χ1n) is 12.5. The molecular formula is C30H32BrF2NO3. The maximum Gasteiger partial charge on any atom is 0.380 e. The van der Waals surface area contributed by atoms with Crippen LogP contribution in [0.1, 0.15) is 43.0 Å². The molecule has 3 aromatic carbocycles. The van der Waals surface area contributed by atoms with E-state index in [1.807, 2.05) is 24.3 Å². The third-order valence-corrected chi connectivity index (χ3v) is 7.38. The molecule has 0 N–H and O–H groups in total. The minimum absolute atomic E-state index is 0.149. The topological polar surface area (TPSA) is 38.8 Å². The number of hydrogen-bond donors (Lipinski definition) is 0. The van der Waals surface area contributed by atoms with Crippen LogP contribution in [0.5, 0.6) is 5.75 Å². The van der Waals surface area contributed by atoms with Crippen molar-refractivity contribution in [1.29, 1.82) is 0 Å².